The number of benzene rings is 2. The zero-order valence-electron chi connectivity index (χ0n) is 21.8. The van der Waals surface area contributed by atoms with Gasteiger partial charge in [-0.05, 0) is 50.5 Å². The van der Waals surface area contributed by atoms with E-state index in [1.807, 2.05) is 6.92 Å². The number of likely N-dealkylation sites (tertiary alicyclic amines) is 1. The summed E-state index contributed by atoms with van der Waals surface area (Å²) >= 11 is 0. The molecule has 39 heavy (non-hydrogen) atoms. The van der Waals surface area contributed by atoms with Gasteiger partial charge in [0.15, 0.2) is 17.3 Å². The van der Waals surface area contributed by atoms with Crippen LogP contribution in [0.25, 0.3) is 0 Å². The lowest BCUT2D eigenvalue weighted by Crippen LogP contribution is -2.52. The Morgan fingerprint density at radius 2 is 2.03 bits per heavy atom. The molecule has 1 saturated heterocycles. The number of nitro benzene ring substituents is 1. The summed E-state index contributed by atoms with van der Waals surface area (Å²) in [5, 5.41) is 18.3. The van der Waals surface area contributed by atoms with Gasteiger partial charge in [-0.1, -0.05) is 18.2 Å². The van der Waals surface area contributed by atoms with Gasteiger partial charge in [0, 0.05) is 18.8 Å². The molecular formula is C27H30FN5O6. The number of rotatable bonds is 10. The highest BCUT2D eigenvalue weighted by Gasteiger charge is 2.36. The van der Waals surface area contributed by atoms with Crippen molar-refractivity contribution in [3.8, 4) is 11.5 Å². The molecule has 2 heterocycles. The maximum Gasteiger partial charge on any atom is 0.311 e. The van der Waals surface area contributed by atoms with Crippen LogP contribution in [0.15, 0.2) is 54.9 Å². The lowest BCUT2D eigenvalue weighted by Gasteiger charge is -2.40. The number of nitrogens with one attached hydrogen (secondary N) is 1. The van der Waals surface area contributed by atoms with Gasteiger partial charge in [-0.3, -0.25) is 24.4 Å². The van der Waals surface area contributed by atoms with Crippen LogP contribution >= 0.6 is 0 Å². The number of amides is 2. The highest BCUT2D eigenvalue weighted by Crippen LogP contribution is 2.34. The highest BCUT2D eigenvalue weighted by atomic mass is 19.1. The predicted molar refractivity (Wildman–Crippen MR) is 140 cm³/mol. The molecule has 1 unspecified atom stereocenters. The molecule has 1 N–H and O–H groups in total. The largest absolute Gasteiger partial charge is 0.490 e. The van der Waals surface area contributed by atoms with E-state index < -0.39 is 16.3 Å². The zero-order chi connectivity index (χ0) is 28.0. The lowest BCUT2D eigenvalue weighted by molar-refractivity contribution is -0.386. The van der Waals surface area contributed by atoms with Crippen molar-refractivity contribution < 1.29 is 28.4 Å². The van der Waals surface area contributed by atoms with Crippen molar-refractivity contribution in [2.75, 3.05) is 25.0 Å². The van der Waals surface area contributed by atoms with Crippen LogP contribution in [0.3, 0.4) is 0 Å². The van der Waals surface area contributed by atoms with E-state index in [0.717, 1.165) is 5.56 Å². The minimum absolute atomic E-state index is 0.000927. The van der Waals surface area contributed by atoms with Crippen molar-refractivity contribution in [3.05, 3.63) is 76.4 Å². The summed E-state index contributed by atoms with van der Waals surface area (Å²) in [5.74, 6) is -0.781. The van der Waals surface area contributed by atoms with Crippen LogP contribution in [0.2, 0.25) is 0 Å². The summed E-state index contributed by atoms with van der Waals surface area (Å²) in [7, 11) is 0. The molecule has 0 bridgehead atoms. The number of aryl methyl sites for hydroxylation is 1. The maximum atomic E-state index is 13.6. The van der Waals surface area contributed by atoms with Gasteiger partial charge in [0.1, 0.15) is 12.1 Å². The van der Waals surface area contributed by atoms with E-state index in [1.165, 1.54) is 29.1 Å². The molecule has 0 radical (unpaired) electrons. The number of para-hydroxylation sites is 1. The van der Waals surface area contributed by atoms with Crippen LogP contribution < -0.4 is 14.8 Å². The van der Waals surface area contributed by atoms with Crippen LogP contribution in [0.5, 0.6) is 11.5 Å². The molecule has 1 aliphatic heterocycles. The summed E-state index contributed by atoms with van der Waals surface area (Å²) in [6.45, 7) is 4.36. The van der Waals surface area contributed by atoms with Gasteiger partial charge >= 0.3 is 5.69 Å². The molecule has 11 nitrogen and oxygen atoms in total. The summed E-state index contributed by atoms with van der Waals surface area (Å²) in [6, 6.07) is 10.8. The first kappa shape index (κ1) is 27.6. The maximum absolute atomic E-state index is 13.6. The second-order valence-corrected chi connectivity index (χ2v) is 9.70. The Morgan fingerprint density at radius 1 is 1.23 bits per heavy atom. The van der Waals surface area contributed by atoms with Crippen molar-refractivity contribution in [2.24, 2.45) is 0 Å². The predicted octanol–water partition coefficient (Wildman–Crippen LogP) is 4.11. The average Bonchev–Trinajstić information content (AvgIpc) is 3.32. The summed E-state index contributed by atoms with van der Waals surface area (Å²) in [6.07, 6.45) is 4.30. The molecule has 0 saturated carbocycles. The SMILES string of the molecule is Cc1ccc(OC2(C)CCCN(C(=O)Cn3cc(NC(=O)CCOc4ccccc4F)cn3)C2)c([N+](=O)[O-])c1. The molecule has 206 valence electrons. The summed E-state index contributed by atoms with van der Waals surface area (Å²) in [4.78, 5) is 37.9. The number of carbonyl (C=O) groups is 2. The first-order valence-electron chi connectivity index (χ1n) is 12.5. The van der Waals surface area contributed by atoms with Gasteiger partial charge in [0.25, 0.3) is 0 Å². The number of nitro groups is 1. The normalized spacial score (nSPS) is 16.9. The molecule has 2 amide bonds. The molecule has 12 heteroatoms. The van der Waals surface area contributed by atoms with Crippen LogP contribution in [-0.4, -0.2) is 56.7 Å². The average molecular weight is 540 g/mol. The Kier molecular flexibility index (Phi) is 8.43. The summed E-state index contributed by atoms with van der Waals surface area (Å²) < 4.78 is 26.4. The fraction of sp³-hybridized carbons (Fsp3) is 0.370. The highest BCUT2D eigenvalue weighted by molar-refractivity contribution is 5.90. The smallest absolute Gasteiger partial charge is 0.311 e. The molecule has 0 spiro atoms. The minimum Gasteiger partial charge on any atom is -0.490 e. The van der Waals surface area contributed by atoms with Crippen molar-refractivity contribution >= 4 is 23.2 Å². The van der Waals surface area contributed by atoms with E-state index in [9.17, 15) is 24.1 Å². The number of hydrogen-bond acceptors (Lipinski definition) is 7. The molecule has 3 aromatic rings. The Morgan fingerprint density at radius 3 is 2.79 bits per heavy atom. The van der Waals surface area contributed by atoms with E-state index >= 15 is 0 Å². The second-order valence-electron chi connectivity index (χ2n) is 9.70. The minimum atomic E-state index is -0.790. The molecule has 4 rings (SSSR count). The fourth-order valence-corrected chi connectivity index (χ4v) is 4.42. The third-order valence-corrected chi connectivity index (χ3v) is 6.32. The van der Waals surface area contributed by atoms with Crippen molar-refractivity contribution in [1.29, 1.82) is 0 Å². The molecule has 1 aliphatic rings. The van der Waals surface area contributed by atoms with Gasteiger partial charge < -0.3 is 19.7 Å². The number of halogens is 1. The van der Waals surface area contributed by atoms with Crippen LogP contribution in [-0.2, 0) is 16.1 Å². The number of nitrogens with zero attached hydrogens (tertiary/aromatic N) is 4. The van der Waals surface area contributed by atoms with Crippen LogP contribution in [0.4, 0.5) is 15.8 Å². The summed E-state index contributed by atoms with van der Waals surface area (Å²) in [5.41, 5.74) is 0.272. The number of ether oxygens (including phenoxy) is 2. The van der Waals surface area contributed by atoms with Crippen molar-refractivity contribution in [3.63, 3.8) is 0 Å². The lowest BCUT2D eigenvalue weighted by atomic mass is 9.94. The Hall–Kier alpha value is -4.48. The molecular weight excluding hydrogens is 509 g/mol. The van der Waals surface area contributed by atoms with Crippen molar-refractivity contribution in [2.45, 2.75) is 45.3 Å². The van der Waals surface area contributed by atoms with Crippen LogP contribution in [0.1, 0.15) is 31.7 Å². The first-order valence-corrected chi connectivity index (χ1v) is 12.5. The number of carbonyl (C=O) groups excluding carboxylic acids is 2. The molecule has 2 aromatic carbocycles. The zero-order valence-corrected chi connectivity index (χ0v) is 21.8. The Balaban J connectivity index is 1.29. The van der Waals surface area contributed by atoms with Gasteiger partial charge in [0.2, 0.25) is 11.8 Å². The Bertz CT molecular complexity index is 1360. The standard InChI is InChI=1S/C27H30FN5O6/c1-19-8-9-24(22(14-19)33(36)37)39-27(2)11-5-12-31(18-27)26(35)17-32-16-20(15-29-32)30-25(34)10-13-38-23-7-4-3-6-21(23)28/h3-4,6-9,14-16H,5,10-13,17-18H2,1-2H3,(H,30,34). The van der Waals surface area contributed by atoms with E-state index in [-0.39, 0.29) is 55.1 Å². The second kappa shape index (κ2) is 11.9. The number of piperidine rings is 1. The monoisotopic (exact) mass is 539 g/mol. The molecule has 1 aromatic heterocycles. The Labute approximate surface area is 224 Å². The molecule has 1 fully saturated rings. The van der Waals surface area contributed by atoms with Gasteiger partial charge in [-0.25, -0.2) is 4.39 Å². The van der Waals surface area contributed by atoms with Crippen molar-refractivity contribution in [1.82, 2.24) is 14.7 Å². The number of hydrogen-bond donors (Lipinski definition) is 1. The van der Waals surface area contributed by atoms with Gasteiger partial charge in [-0.15, -0.1) is 0 Å². The molecule has 1 atom stereocenters. The molecule has 0 aliphatic carbocycles. The first-order chi connectivity index (χ1) is 18.6. The van der Waals surface area contributed by atoms with E-state index in [1.54, 1.807) is 42.3 Å². The topological polar surface area (TPSA) is 129 Å². The third kappa shape index (κ3) is 7.30. The van der Waals surface area contributed by atoms with E-state index in [0.29, 0.717) is 25.1 Å². The number of anilines is 1. The van der Waals surface area contributed by atoms with Gasteiger partial charge in [-0.2, -0.15) is 5.10 Å². The van der Waals surface area contributed by atoms with Crippen LogP contribution in [0, 0.1) is 22.9 Å². The number of aromatic nitrogens is 2. The third-order valence-electron chi connectivity index (χ3n) is 6.32. The van der Waals surface area contributed by atoms with Gasteiger partial charge in [0.05, 0.1) is 36.4 Å². The van der Waals surface area contributed by atoms with E-state index in [4.69, 9.17) is 9.47 Å². The van der Waals surface area contributed by atoms with E-state index in [2.05, 4.69) is 10.4 Å². The fourth-order valence-electron chi connectivity index (χ4n) is 4.42. The quantitative estimate of drug-likeness (QED) is 0.303.